The Labute approximate surface area is 85.4 Å². The van der Waals surface area contributed by atoms with E-state index in [0.29, 0.717) is 13.2 Å². The van der Waals surface area contributed by atoms with Crippen LogP contribution in [0.25, 0.3) is 0 Å². The number of morpholine rings is 1. The molecule has 1 rings (SSSR count). The quantitative estimate of drug-likeness (QED) is 0.668. The molecule has 2 N–H and O–H groups in total. The van der Waals surface area contributed by atoms with Crippen LogP contribution < -0.4 is 5.73 Å². The van der Waals surface area contributed by atoms with Gasteiger partial charge in [-0.1, -0.05) is 0 Å². The van der Waals surface area contributed by atoms with Crippen LogP contribution in [0.1, 0.15) is 27.2 Å². The van der Waals surface area contributed by atoms with Crippen molar-refractivity contribution in [1.29, 1.82) is 0 Å². The molecule has 1 aliphatic heterocycles. The van der Waals surface area contributed by atoms with E-state index in [1.807, 2.05) is 6.92 Å². The van der Waals surface area contributed by atoms with Crippen molar-refractivity contribution in [3.8, 4) is 0 Å². The molecule has 4 heteroatoms. The summed E-state index contributed by atoms with van der Waals surface area (Å²) in [6, 6.07) is 0.184. The van der Waals surface area contributed by atoms with Crippen LogP contribution in [0.2, 0.25) is 0 Å². The van der Waals surface area contributed by atoms with Crippen molar-refractivity contribution in [2.75, 3.05) is 19.7 Å². The number of hydrogen-bond acceptors (Lipinski definition) is 4. The van der Waals surface area contributed by atoms with Gasteiger partial charge >= 0.3 is 5.97 Å². The van der Waals surface area contributed by atoms with Gasteiger partial charge in [-0.3, -0.25) is 9.69 Å². The molecule has 1 heterocycles. The van der Waals surface area contributed by atoms with Gasteiger partial charge in [-0.15, -0.1) is 0 Å². The molecule has 1 saturated heterocycles. The minimum atomic E-state index is -0.131. The third-order valence-corrected chi connectivity index (χ3v) is 2.62. The summed E-state index contributed by atoms with van der Waals surface area (Å²) in [5.41, 5.74) is 5.64. The van der Waals surface area contributed by atoms with Gasteiger partial charge in [0.15, 0.2) is 0 Å². The zero-order valence-electron chi connectivity index (χ0n) is 9.25. The molecule has 0 aromatic heterocycles. The summed E-state index contributed by atoms with van der Waals surface area (Å²) in [6.45, 7) is 7.88. The van der Waals surface area contributed by atoms with Gasteiger partial charge in [0.2, 0.25) is 0 Å². The van der Waals surface area contributed by atoms with E-state index >= 15 is 0 Å². The van der Waals surface area contributed by atoms with Gasteiger partial charge in [-0.05, 0) is 27.2 Å². The predicted octanol–water partition coefficient (Wildman–Crippen LogP) is 0.361. The fraction of sp³-hybridized carbons (Fsp3) is 0.900. The molecule has 0 aromatic carbocycles. The number of rotatable bonds is 3. The molecule has 1 unspecified atom stereocenters. The standard InChI is InChI=1S/C10H20N2O2/c1-8(11)4-5-12-6-9(13)14-7-10(12,2)3/h8H,4-7,11H2,1-3H3. The average molecular weight is 200 g/mol. The van der Waals surface area contributed by atoms with E-state index in [0.717, 1.165) is 13.0 Å². The van der Waals surface area contributed by atoms with Crippen LogP contribution in [0.4, 0.5) is 0 Å². The molecular weight excluding hydrogens is 180 g/mol. The first-order chi connectivity index (χ1) is 6.42. The summed E-state index contributed by atoms with van der Waals surface area (Å²) < 4.78 is 5.02. The Morgan fingerprint density at radius 3 is 2.86 bits per heavy atom. The third-order valence-electron chi connectivity index (χ3n) is 2.62. The summed E-state index contributed by atoms with van der Waals surface area (Å²) in [7, 11) is 0. The van der Waals surface area contributed by atoms with Crippen molar-refractivity contribution in [2.45, 2.75) is 38.8 Å². The first-order valence-electron chi connectivity index (χ1n) is 5.08. The Kier molecular flexibility index (Phi) is 3.50. The minimum absolute atomic E-state index is 0.0528. The number of esters is 1. The number of carbonyl (C=O) groups excluding carboxylic acids is 1. The summed E-state index contributed by atoms with van der Waals surface area (Å²) in [4.78, 5) is 13.3. The van der Waals surface area contributed by atoms with Crippen LogP contribution in [-0.2, 0) is 9.53 Å². The Balaban J connectivity index is 2.50. The lowest BCUT2D eigenvalue weighted by molar-refractivity contribution is -0.160. The topological polar surface area (TPSA) is 55.6 Å². The number of nitrogens with two attached hydrogens (primary N) is 1. The number of nitrogens with zero attached hydrogens (tertiary/aromatic N) is 1. The van der Waals surface area contributed by atoms with Crippen molar-refractivity contribution in [2.24, 2.45) is 5.73 Å². The van der Waals surface area contributed by atoms with Gasteiger partial charge in [0, 0.05) is 12.6 Å². The van der Waals surface area contributed by atoms with Crippen LogP contribution >= 0.6 is 0 Å². The molecule has 1 atom stereocenters. The van der Waals surface area contributed by atoms with Gasteiger partial charge in [-0.2, -0.15) is 0 Å². The molecule has 0 saturated carbocycles. The van der Waals surface area contributed by atoms with E-state index in [2.05, 4.69) is 18.7 Å². The zero-order valence-corrected chi connectivity index (χ0v) is 9.25. The van der Waals surface area contributed by atoms with Crippen LogP contribution in [0.5, 0.6) is 0 Å². The van der Waals surface area contributed by atoms with Gasteiger partial charge in [0.1, 0.15) is 6.61 Å². The lowest BCUT2D eigenvalue weighted by Gasteiger charge is -2.41. The fourth-order valence-electron chi connectivity index (χ4n) is 1.51. The summed E-state index contributed by atoms with van der Waals surface area (Å²) in [6.07, 6.45) is 0.913. The molecule has 82 valence electrons. The number of hydrogen-bond donors (Lipinski definition) is 1. The second-order valence-corrected chi connectivity index (χ2v) is 4.66. The van der Waals surface area contributed by atoms with E-state index in [9.17, 15) is 4.79 Å². The summed E-state index contributed by atoms with van der Waals surface area (Å²) in [5.74, 6) is -0.131. The van der Waals surface area contributed by atoms with Gasteiger partial charge in [0.05, 0.1) is 12.1 Å². The Morgan fingerprint density at radius 1 is 1.64 bits per heavy atom. The van der Waals surface area contributed by atoms with Crippen molar-refractivity contribution >= 4 is 5.97 Å². The largest absolute Gasteiger partial charge is 0.463 e. The van der Waals surface area contributed by atoms with Crippen LogP contribution in [-0.4, -0.2) is 42.1 Å². The highest BCUT2D eigenvalue weighted by Crippen LogP contribution is 2.19. The first kappa shape index (κ1) is 11.5. The minimum Gasteiger partial charge on any atom is -0.463 e. The molecule has 1 aliphatic rings. The Morgan fingerprint density at radius 2 is 2.29 bits per heavy atom. The molecule has 4 nitrogen and oxygen atoms in total. The summed E-state index contributed by atoms with van der Waals surface area (Å²) in [5, 5.41) is 0. The van der Waals surface area contributed by atoms with Crippen molar-refractivity contribution in [3.63, 3.8) is 0 Å². The van der Waals surface area contributed by atoms with Gasteiger partial charge in [-0.25, -0.2) is 0 Å². The van der Waals surface area contributed by atoms with Crippen molar-refractivity contribution < 1.29 is 9.53 Å². The molecule has 0 aliphatic carbocycles. The molecule has 0 bridgehead atoms. The second kappa shape index (κ2) is 4.28. The lowest BCUT2D eigenvalue weighted by atomic mass is 10.0. The maximum atomic E-state index is 11.1. The fourth-order valence-corrected chi connectivity index (χ4v) is 1.51. The summed E-state index contributed by atoms with van der Waals surface area (Å²) >= 11 is 0. The van der Waals surface area contributed by atoms with Gasteiger partial charge < -0.3 is 10.5 Å². The highest BCUT2D eigenvalue weighted by molar-refractivity contribution is 5.72. The van der Waals surface area contributed by atoms with Crippen LogP contribution in [0.3, 0.4) is 0 Å². The molecular formula is C10H20N2O2. The van der Waals surface area contributed by atoms with Crippen LogP contribution in [0.15, 0.2) is 0 Å². The average Bonchev–Trinajstić information content (AvgIpc) is 2.07. The monoisotopic (exact) mass is 200 g/mol. The molecule has 0 aromatic rings. The van der Waals surface area contributed by atoms with Crippen LogP contribution in [0, 0.1) is 0 Å². The van der Waals surface area contributed by atoms with Crippen molar-refractivity contribution in [1.82, 2.24) is 4.90 Å². The van der Waals surface area contributed by atoms with E-state index in [1.54, 1.807) is 0 Å². The zero-order chi connectivity index (χ0) is 10.8. The SMILES string of the molecule is CC(N)CCN1CC(=O)OCC1(C)C. The highest BCUT2D eigenvalue weighted by Gasteiger charge is 2.34. The van der Waals surface area contributed by atoms with Crippen molar-refractivity contribution in [3.05, 3.63) is 0 Å². The molecule has 1 fully saturated rings. The predicted molar refractivity (Wildman–Crippen MR) is 54.9 cm³/mol. The normalized spacial score (nSPS) is 24.4. The molecule has 0 radical (unpaired) electrons. The maximum Gasteiger partial charge on any atom is 0.320 e. The molecule has 14 heavy (non-hydrogen) atoms. The Bertz CT molecular complexity index is 214. The van der Waals surface area contributed by atoms with E-state index in [4.69, 9.17) is 10.5 Å². The number of ether oxygens (including phenoxy) is 1. The third kappa shape index (κ3) is 2.96. The first-order valence-corrected chi connectivity index (χ1v) is 5.08. The van der Waals surface area contributed by atoms with E-state index in [1.165, 1.54) is 0 Å². The highest BCUT2D eigenvalue weighted by atomic mass is 16.5. The maximum absolute atomic E-state index is 11.1. The smallest absolute Gasteiger partial charge is 0.320 e. The second-order valence-electron chi connectivity index (χ2n) is 4.66. The van der Waals surface area contributed by atoms with E-state index in [-0.39, 0.29) is 17.6 Å². The Hall–Kier alpha value is -0.610. The van der Waals surface area contributed by atoms with Gasteiger partial charge in [0.25, 0.3) is 0 Å². The van der Waals surface area contributed by atoms with E-state index < -0.39 is 0 Å². The molecule has 0 amide bonds. The lowest BCUT2D eigenvalue weighted by Crippen LogP contribution is -2.55. The molecule has 0 spiro atoms. The number of cyclic esters (lactones) is 1. The number of carbonyl (C=O) groups is 1.